The van der Waals surface area contributed by atoms with Gasteiger partial charge in [-0.3, -0.25) is 9.59 Å². The molecule has 3 unspecified atom stereocenters. The normalized spacial score (nSPS) is 24.8. The van der Waals surface area contributed by atoms with E-state index in [1.807, 2.05) is 0 Å². The van der Waals surface area contributed by atoms with E-state index in [9.17, 15) is 9.59 Å². The topological polar surface area (TPSA) is 52.6 Å². The highest BCUT2D eigenvalue weighted by molar-refractivity contribution is 6.71. The number of carbonyl (C=O) groups excluding carboxylic acids is 2. The molecule has 2 rings (SSSR count). The first-order chi connectivity index (χ1) is 13.3. The number of ether oxygens (including phenoxy) is 1. The molecule has 0 N–H and O–H groups in total. The Labute approximate surface area is 172 Å². The Morgan fingerprint density at radius 3 is 2.46 bits per heavy atom. The van der Waals surface area contributed by atoms with Crippen LogP contribution in [0.1, 0.15) is 71.6 Å². The molecular formula is C23H40O4Si. The van der Waals surface area contributed by atoms with Crippen LogP contribution < -0.4 is 0 Å². The molecule has 2 aliphatic rings. The second-order valence-corrected chi connectivity index (χ2v) is 13.7. The lowest BCUT2D eigenvalue weighted by Crippen LogP contribution is -2.35. The highest BCUT2D eigenvalue weighted by Crippen LogP contribution is 2.59. The Kier molecular flexibility index (Phi) is 8.50. The van der Waals surface area contributed by atoms with Crippen LogP contribution in [0, 0.1) is 17.3 Å². The predicted molar refractivity (Wildman–Crippen MR) is 116 cm³/mol. The number of esters is 1. The maximum absolute atomic E-state index is 12.7. The number of methoxy groups -OCH3 is 1. The summed E-state index contributed by atoms with van der Waals surface area (Å²) < 4.78 is 11.6. The van der Waals surface area contributed by atoms with Crippen LogP contribution in [-0.4, -0.2) is 33.3 Å². The molecule has 0 aromatic carbocycles. The van der Waals surface area contributed by atoms with Crippen LogP contribution in [0.2, 0.25) is 19.1 Å². The van der Waals surface area contributed by atoms with E-state index in [-0.39, 0.29) is 29.2 Å². The SMILES string of the molecule is CCCCCC(/C=C/C1CC2(CC2)C(=O)C1C(=O)OC)O[Si](C)(C)CCCC. The molecule has 0 aliphatic heterocycles. The molecule has 0 heterocycles. The van der Waals surface area contributed by atoms with E-state index < -0.39 is 14.2 Å². The van der Waals surface area contributed by atoms with E-state index in [1.54, 1.807) is 0 Å². The minimum atomic E-state index is -1.71. The highest BCUT2D eigenvalue weighted by atomic mass is 28.4. The van der Waals surface area contributed by atoms with Crippen molar-refractivity contribution in [2.24, 2.45) is 17.3 Å². The van der Waals surface area contributed by atoms with Crippen LogP contribution in [0.5, 0.6) is 0 Å². The molecule has 160 valence electrons. The molecule has 3 atom stereocenters. The van der Waals surface area contributed by atoms with Gasteiger partial charge in [0.2, 0.25) is 0 Å². The Bertz CT molecular complexity index is 565. The van der Waals surface area contributed by atoms with Gasteiger partial charge in [-0.15, -0.1) is 0 Å². The zero-order valence-electron chi connectivity index (χ0n) is 18.6. The second-order valence-electron chi connectivity index (χ2n) is 9.41. The zero-order valence-corrected chi connectivity index (χ0v) is 19.6. The molecule has 2 saturated carbocycles. The molecule has 4 nitrogen and oxygen atoms in total. The van der Waals surface area contributed by atoms with Gasteiger partial charge in [-0.1, -0.05) is 58.1 Å². The number of rotatable bonds is 12. The van der Waals surface area contributed by atoms with Gasteiger partial charge in [0.05, 0.1) is 13.2 Å². The van der Waals surface area contributed by atoms with E-state index in [0.29, 0.717) is 0 Å². The van der Waals surface area contributed by atoms with Gasteiger partial charge in [-0.05, 0) is 50.7 Å². The largest absolute Gasteiger partial charge is 0.468 e. The number of allylic oxidation sites excluding steroid dienone is 1. The number of hydrogen-bond donors (Lipinski definition) is 0. The molecule has 0 aromatic heterocycles. The summed E-state index contributed by atoms with van der Waals surface area (Å²) in [6, 6.07) is 1.18. The average Bonchev–Trinajstić information content (AvgIpc) is 3.38. The van der Waals surface area contributed by atoms with E-state index in [4.69, 9.17) is 9.16 Å². The summed E-state index contributed by atoms with van der Waals surface area (Å²) in [6.45, 7) is 9.05. The van der Waals surface area contributed by atoms with Gasteiger partial charge >= 0.3 is 5.97 Å². The first-order valence-electron chi connectivity index (χ1n) is 11.3. The smallest absolute Gasteiger partial charge is 0.316 e. The van der Waals surface area contributed by atoms with Crippen molar-refractivity contribution in [3.8, 4) is 0 Å². The Morgan fingerprint density at radius 1 is 1.21 bits per heavy atom. The van der Waals surface area contributed by atoms with Crippen molar-refractivity contribution in [2.45, 2.75) is 96.9 Å². The summed E-state index contributed by atoms with van der Waals surface area (Å²) in [5, 5.41) is 0. The van der Waals surface area contributed by atoms with Crippen molar-refractivity contribution >= 4 is 20.1 Å². The van der Waals surface area contributed by atoms with Crippen LogP contribution in [0.3, 0.4) is 0 Å². The molecule has 5 heteroatoms. The monoisotopic (exact) mass is 408 g/mol. The lowest BCUT2D eigenvalue weighted by atomic mass is 9.94. The molecule has 0 bridgehead atoms. The van der Waals surface area contributed by atoms with Crippen LogP contribution in [0.4, 0.5) is 0 Å². The number of Topliss-reactive ketones (excluding diaryl/α,β-unsaturated/α-hetero) is 1. The van der Waals surface area contributed by atoms with Crippen molar-refractivity contribution in [3.05, 3.63) is 12.2 Å². The van der Waals surface area contributed by atoms with Crippen molar-refractivity contribution < 1.29 is 18.8 Å². The first-order valence-corrected chi connectivity index (χ1v) is 14.4. The fourth-order valence-electron chi connectivity index (χ4n) is 4.51. The molecule has 2 fully saturated rings. The van der Waals surface area contributed by atoms with Crippen molar-refractivity contribution in [2.75, 3.05) is 7.11 Å². The molecule has 0 aromatic rings. The summed E-state index contributed by atoms with van der Waals surface area (Å²) >= 11 is 0. The molecule has 0 amide bonds. The third kappa shape index (κ3) is 6.03. The summed E-state index contributed by atoms with van der Waals surface area (Å²) in [6.07, 6.45) is 14.0. The summed E-state index contributed by atoms with van der Waals surface area (Å²) in [5.74, 6) is -0.926. The second kappa shape index (κ2) is 10.2. The highest BCUT2D eigenvalue weighted by Gasteiger charge is 2.61. The van der Waals surface area contributed by atoms with E-state index in [1.165, 1.54) is 38.8 Å². The van der Waals surface area contributed by atoms with Crippen LogP contribution in [0.25, 0.3) is 0 Å². The Balaban J connectivity index is 2.08. The van der Waals surface area contributed by atoms with Gasteiger partial charge in [0.1, 0.15) is 5.92 Å². The number of ketones is 1. The van der Waals surface area contributed by atoms with E-state index in [2.05, 4.69) is 39.1 Å². The van der Waals surface area contributed by atoms with Gasteiger partial charge in [0.25, 0.3) is 0 Å². The predicted octanol–water partition coefficient (Wildman–Crippen LogP) is 5.67. The molecule has 2 aliphatic carbocycles. The third-order valence-corrected chi connectivity index (χ3v) is 8.93. The molecule has 0 saturated heterocycles. The Hall–Kier alpha value is -0.943. The van der Waals surface area contributed by atoms with Gasteiger partial charge in [0, 0.05) is 5.41 Å². The summed E-state index contributed by atoms with van der Waals surface area (Å²) in [5.41, 5.74) is -0.235. The van der Waals surface area contributed by atoms with E-state index in [0.717, 1.165) is 32.1 Å². The maximum atomic E-state index is 12.7. The lowest BCUT2D eigenvalue weighted by molar-refractivity contribution is -0.149. The zero-order chi connectivity index (χ0) is 20.8. The van der Waals surface area contributed by atoms with Crippen molar-refractivity contribution in [3.63, 3.8) is 0 Å². The van der Waals surface area contributed by atoms with Gasteiger partial charge in [-0.2, -0.15) is 0 Å². The van der Waals surface area contributed by atoms with Crippen LogP contribution in [0.15, 0.2) is 12.2 Å². The van der Waals surface area contributed by atoms with Crippen LogP contribution >= 0.6 is 0 Å². The average molecular weight is 409 g/mol. The maximum Gasteiger partial charge on any atom is 0.316 e. The molecule has 0 radical (unpaired) electrons. The number of hydrogen-bond acceptors (Lipinski definition) is 4. The van der Waals surface area contributed by atoms with Crippen LogP contribution in [-0.2, 0) is 18.8 Å². The fraction of sp³-hybridized carbons (Fsp3) is 0.826. The van der Waals surface area contributed by atoms with Gasteiger partial charge in [-0.25, -0.2) is 0 Å². The minimum Gasteiger partial charge on any atom is -0.468 e. The quantitative estimate of drug-likeness (QED) is 0.137. The van der Waals surface area contributed by atoms with Gasteiger partial charge in [0.15, 0.2) is 14.1 Å². The van der Waals surface area contributed by atoms with Crippen molar-refractivity contribution in [1.29, 1.82) is 0 Å². The first kappa shape index (κ1) is 23.3. The lowest BCUT2D eigenvalue weighted by Gasteiger charge is -2.28. The molecular weight excluding hydrogens is 368 g/mol. The molecule has 1 spiro atoms. The molecule has 28 heavy (non-hydrogen) atoms. The number of unbranched alkanes of at least 4 members (excludes halogenated alkanes) is 3. The fourth-order valence-corrected chi connectivity index (χ4v) is 6.85. The van der Waals surface area contributed by atoms with Crippen molar-refractivity contribution in [1.82, 2.24) is 0 Å². The van der Waals surface area contributed by atoms with Gasteiger partial charge < -0.3 is 9.16 Å². The Morgan fingerprint density at radius 2 is 1.89 bits per heavy atom. The number of carbonyl (C=O) groups is 2. The standard InChI is InChI=1S/C23H40O4Si/c1-6-8-10-11-19(27-28(4,5)16-9-7-2)13-12-18-17-23(14-15-23)21(24)20(18)22(25)26-3/h12-13,18-20H,6-11,14-17H2,1-5H3/b13-12+. The minimum absolute atomic E-state index is 0.0415. The summed E-state index contributed by atoms with van der Waals surface area (Å²) in [4.78, 5) is 25.0. The van der Waals surface area contributed by atoms with E-state index >= 15 is 0 Å². The summed E-state index contributed by atoms with van der Waals surface area (Å²) in [7, 11) is -0.328. The third-order valence-electron chi connectivity index (χ3n) is 6.44.